The van der Waals surface area contributed by atoms with E-state index in [0.717, 1.165) is 18.7 Å². The van der Waals surface area contributed by atoms with Crippen LogP contribution >= 0.6 is 0 Å². The Labute approximate surface area is 118 Å². The number of benzene rings is 1. The molecule has 20 heavy (non-hydrogen) atoms. The van der Waals surface area contributed by atoms with Gasteiger partial charge in [0.25, 0.3) is 0 Å². The number of nitrogens with two attached hydrogens (primary N) is 1. The predicted molar refractivity (Wildman–Crippen MR) is 78.6 cm³/mol. The molecule has 1 atom stereocenters. The number of rotatable bonds is 6. The lowest BCUT2D eigenvalue weighted by atomic mass is 10.0. The van der Waals surface area contributed by atoms with Crippen molar-refractivity contribution in [3.05, 3.63) is 23.5 Å². The predicted octanol–water partition coefficient (Wildman–Crippen LogP) is 2.10. The third kappa shape index (κ3) is 4.09. The first kappa shape index (κ1) is 16.2. The monoisotopic (exact) mass is 283 g/mol. The molecular formula is C14H22FN3O2. The Bertz CT molecular complexity index is 490. The SMILES string of the molecule is CC(C)C(CN(C)C)Nc1cc(F)c(C(=O)O)cc1N. The number of nitrogen functional groups attached to an aromatic ring is 1. The van der Waals surface area contributed by atoms with E-state index in [1.807, 2.05) is 19.0 Å². The van der Waals surface area contributed by atoms with Crippen LogP contribution in [0.1, 0.15) is 24.2 Å². The van der Waals surface area contributed by atoms with E-state index in [9.17, 15) is 9.18 Å². The quantitative estimate of drug-likeness (QED) is 0.697. The second-order valence-electron chi connectivity index (χ2n) is 5.48. The summed E-state index contributed by atoms with van der Waals surface area (Å²) in [5.74, 6) is -1.80. The van der Waals surface area contributed by atoms with Gasteiger partial charge in [-0.3, -0.25) is 0 Å². The Morgan fingerprint density at radius 3 is 2.50 bits per heavy atom. The second kappa shape index (κ2) is 6.56. The Morgan fingerprint density at radius 2 is 2.05 bits per heavy atom. The van der Waals surface area contributed by atoms with Gasteiger partial charge in [-0.15, -0.1) is 0 Å². The minimum absolute atomic E-state index is 0.0855. The van der Waals surface area contributed by atoms with Crippen molar-refractivity contribution in [3.63, 3.8) is 0 Å². The zero-order valence-electron chi connectivity index (χ0n) is 12.3. The van der Waals surface area contributed by atoms with Gasteiger partial charge in [0.1, 0.15) is 5.82 Å². The zero-order valence-corrected chi connectivity index (χ0v) is 12.3. The molecule has 0 radical (unpaired) electrons. The molecular weight excluding hydrogens is 261 g/mol. The van der Waals surface area contributed by atoms with E-state index in [1.54, 1.807) is 0 Å². The van der Waals surface area contributed by atoms with Crippen LogP contribution in [0.25, 0.3) is 0 Å². The lowest BCUT2D eigenvalue weighted by molar-refractivity contribution is 0.0692. The van der Waals surface area contributed by atoms with Crippen molar-refractivity contribution < 1.29 is 14.3 Å². The van der Waals surface area contributed by atoms with Gasteiger partial charge < -0.3 is 21.1 Å². The van der Waals surface area contributed by atoms with Crippen LogP contribution in [-0.2, 0) is 0 Å². The number of carboxylic acid groups (broad SMARTS) is 1. The van der Waals surface area contributed by atoms with Crippen LogP contribution in [0.3, 0.4) is 0 Å². The molecule has 1 rings (SSSR count). The summed E-state index contributed by atoms with van der Waals surface area (Å²) in [4.78, 5) is 12.9. The van der Waals surface area contributed by atoms with Gasteiger partial charge in [-0.1, -0.05) is 13.8 Å². The Morgan fingerprint density at radius 1 is 1.45 bits per heavy atom. The second-order valence-corrected chi connectivity index (χ2v) is 5.48. The molecule has 0 fully saturated rings. The molecule has 1 aromatic rings. The molecule has 0 saturated heterocycles. The summed E-state index contributed by atoms with van der Waals surface area (Å²) in [7, 11) is 3.91. The van der Waals surface area contributed by atoms with Crippen LogP contribution in [0.5, 0.6) is 0 Å². The van der Waals surface area contributed by atoms with Crippen molar-refractivity contribution in [2.24, 2.45) is 5.92 Å². The largest absolute Gasteiger partial charge is 0.478 e. The van der Waals surface area contributed by atoms with Gasteiger partial charge in [0, 0.05) is 12.6 Å². The van der Waals surface area contributed by atoms with Gasteiger partial charge in [-0.25, -0.2) is 9.18 Å². The highest BCUT2D eigenvalue weighted by Crippen LogP contribution is 2.25. The van der Waals surface area contributed by atoms with E-state index in [0.29, 0.717) is 11.6 Å². The third-order valence-electron chi connectivity index (χ3n) is 3.08. The first-order valence-electron chi connectivity index (χ1n) is 6.46. The van der Waals surface area contributed by atoms with Gasteiger partial charge >= 0.3 is 5.97 Å². The van der Waals surface area contributed by atoms with Crippen molar-refractivity contribution in [2.75, 3.05) is 31.7 Å². The summed E-state index contributed by atoms with van der Waals surface area (Å²) in [6.45, 7) is 4.87. The number of hydrogen-bond donors (Lipinski definition) is 3. The van der Waals surface area contributed by atoms with Crippen LogP contribution in [0.4, 0.5) is 15.8 Å². The number of carboxylic acids is 1. The van der Waals surface area contributed by atoms with Crippen LogP contribution < -0.4 is 11.1 Å². The average molecular weight is 283 g/mol. The molecule has 4 N–H and O–H groups in total. The van der Waals surface area contributed by atoms with Gasteiger partial charge in [0.2, 0.25) is 0 Å². The van der Waals surface area contributed by atoms with Crippen molar-refractivity contribution >= 4 is 17.3 Å². The number of likely N-dealkylation sites (N-methyl/N-ethyl adjacent to an activating group) is 1. The van der Waals surface area contributed by atoms with Crippen molar-refractivity contribution in [2.45, 2.75) is 19.9 Å². The molecule has 0 aliphatic heterocycles. The van der Waals surface area contributed by atoms with Crippen LogP contribution in [0.15, 0.2) is 12.1 Å². The smallest absolute Gasteiger partial charge is 0.338 e. The van der Waals surface area contributed by atoms with Gasteiger partial charge in [-0.05, 0) is 32.1 Å². The molecule has 0 aliphatic rings. The standard InChI is InChI=1S/C14H22FN3O2/c1-8(2)13(7-18(3)4)17-12-6-10(15)9(14(19)20)5-11(12)16/h5-6,8,13,17H,7,16H2,1-4H3,(H,19,20). The molecule has 0 bridgehead atoms. The molecule has 1 aromatic carbocycles. The average Bonchev–Trinajstić information content (AvgIpc) is 2.31. The fraction of sp³-hybridized carbons (Fsp3) is 0.500. The Hall–Kier alpha value is -1.82. The third-order valence-corrected chi connectivity index (χ3v) is 3.08. The van der Waals surface area contributed by atoms with E-state index in [4.69, 9.17) is 10.8 Å². The summed E-state index contributed by atoms with van der Waals surface area (Å²) >= 11 is 0. The number of anilines is 2. The van der Waals surface area contributed by atoms with Gasteiger partial charge in [0.05, 0.1) is 16.9 Å². The van der Waals surface area contributed by atoms with Crippen molar-refractivity contribution in [1.82, 2.24) is 4.90 Å². The fourth-order valence-electron chi connectivity index (χ4n) is 1.90. The summed E-state index contributed by atoms with van der Waals surface area (Å²) < 4.78 is 13.7. The molecule has 5 nitrogen and oxygen atoms in total. The number of hydrogen-bond acceptors (Lipinski definition) is 4. The first-order valence-corrected chi connectivity index (χ1v) is 6.46. The highest BCUT2D eigenvalue weighted by Gasteiger charge is 2.18. The minimum Gasteiger partial charge on any atom is -0.478 e. The number of carbonyl (C=O) groups is 1. The Balaban J connectivity index is 3.02. The number of halogens is 1. The number of nitrogens with zero attached hydrogens (tertiary/aromatic N) is 1. The first-order chi connectivity index (χ1) is 9.22. The highest BCUT2D eigenvalue weighted by molar-refractivity contribution is 5.90. The summed E-state index contributed by atoms with van der Waals surface area (Å²) in [5.41, 5.74) is 6.04. The van der Waals surface area contributed by atoms with Gasteiger partial charge in [-0.2, -0.15) is 0 Å². The van der Waals surface area contributed by atoms with E-state index >= 15 is 0 Å². The zero-order chi connectivity index (χ0) is 15.4. The normalized spacial score (nSPS) is 12.8. The van der Waals surface area contributed by atoms with Gasteiger partial charge in [0.15, 0.2) is 0 Å². The molecule has 1 unspecified atom stereocenters. The Kier molecular flexibility index (Phi) is 5.33. The van der Waals surface area contributed by atoms with Crippen molar-refractivity contribution in [3.8, 4) is 0 Å². The summed E-state index contributed by atoms with van der Waals surface area (Å²) in [6.07, 6.45) is 0. The topological polar surface area (TPSA) is 78.6 Å². The molecule has 0 saturated carbocycles. The van der Waals surface area contributed by atoms with E-state index in [2.05, 4.69) is 19.2 Å². The fourth-order valence-corrected chi connectivity index (χ4v) is 1.90. The van der Waals surface area contributed by atoms with E-state index < -0.39 is 17.3 Å². The molecule has 0 aliphatic carbocycles. The molecule has 6 heteroatoms. The molecule has 0 amide bonds. The maximum absolute atomic E-state index is 13.7. The summed E-state index contributed by atoms with van der Waals surface area (Å²) in [6, 6.07) is 2.37. The van der Waals surface area contributed by atoms with Crippen molar-refractivity contribution in [1.29, 1.82) is 0 Å². The number of nitrogens with one attached hydrogen (secondary N) is 1. The van der Waals surface area contributed by atoms with Crippen LogP contribution in [-0.4, -0.2) is 42.7 Å². The molecule has 0 aromatic heterocycles. The van der Waals surface area contributed by atoms with Crippen LogP contribution in [0, 0.1) is 11.7 Å². The minimum atomic E-state index is -1.32. The lowest BCUT2D eigenvalue weighted by Gasteiger charge is -2.27. The number of aromatic carboxylic acids is 1. The summed E-state index contributed by atoms with van der Waals surface area (Å²) in [5, 5.41) is 12.0. The lowest BCUT2D eigenvalue weighted by Crippen LogP contribution is -2.36. The van der Waals surface area contributed by atoms with Crippen LogP contribution in [0.2, 0.25) is 0 Å². The molecule has 0 spiro atoms. The highest BCUT2D eigenvalue weighted by atomic mass is 19.1. The molecule has 0 heterocycles. The maximum Gasteiger partial charge on any atom is 0.338 e. The molecule has 112 valence electrons. The van der Waals surface area contributed by atoms with E-state index in [1.165, 1.54) is 0 Å². The van der Waals surface area contributed by atoms with E-state index in [-0.39, 0.29) is 11.7 Å². The maximum atomic E-state index is 13.7.